The van der Waals surface area contributed by atoms with Crippen molar-refractivity contribution in [3.05, 3.63) is 48.0 Å². The Morgan fingerprint density at radius 2 is 1.81 bits per heavy atom. The zero-order valence-electron chi connectivity index (χ0n) is 12.3. The van der Waals surface area contributed by atoms with E-state index in [4.69, 9.17) is 0 Å². The fourth-order valence-corrected chi connectivity index (χ4v) is 5.13. The number of thiophene rings is 1. The predicted molar refractivity (Wildman–Crippen MR) is 95.8 cm³/mol. The molecule has 2 aromatic carbocycles. The van der Waals surface area contributed by atoms with Crippen LogP contribution in [-0.4, -0.2) is 15.7 Å². The Bertz CT molecular complexity index is 773. The minimum Gasteiger partial charge on any atom is -0.260 e. The molecule has 3 heteroatoms. The highest BCUT2D eigenvalue weighted by Crippen LogP contribution is 2.35. The van der Waals surface area contributed by atoms with Gasteiger partial charge in [0.1, 0.15) is 0 Å². The molecule has 0 radical (unpaired) electrons. The fourth-order valence-electron chi connectivity index (χ4n) is 2.76. The van der Waals surface area contributed by atoms with Gasteiger partial charge in [0.25, 0.3) is 0 Å². The maximum atomic E-state index is 11.8. The molecule has 1 aromatic heterocycles. The topological polar surface area (TPSA) is 17.1 Å². The third-order valence-corrected chi connectivity index (χ3v) is 6.61. The summed E-state index contributed by atoms with van der Waals surface area (Å²) < 4.78 is 14.5. The van der Waals surface area contributed by atoms with Crippen molar-refractivity contribution < 1.29 is 4.21 Å². The molecule has 0 fully saturated rings. The predicted octanol–water partition coefficient (Wildman–Crippen LogP) is 5.15. The molecule has 0 aliphatic heterocycles. The van der Waals surface area contributed by atoms with E-state index in [2.05, 4.69) is 49.4 Å². The summed E-state index contributed by atoms with van der Waals surface area (Å²) in [6.07, 6.45) is 3.05. The Hall–Kier alpha value is -1.19. The smallest absolute Gasteiger partial charge is 0.0387 e. The third-order valence-electron chi connectivity index (χ3n) is 3.74. The van der Waals surface area contributed by atoms with Gasteiger partial charge in [0.2, 0.25) is 0 Å². The average molecular weight is 316 g/mol. The van der Waals surface area contributed by atoms with Crippen molar-refractivity contribution in [2.24, 2.45) is 0 Å². The van der Waals surface area contributed by atoms with E-state index in [9.17, 15) is 4.21 Å². The molecule has 1 heterocycles. The number of aryl methyl sites for hydroxylation is 1. The summed E-state index contributed by atoms with van der Waals surface area (Å²) >= 11 is 1.88. The average Bonchev–Trinajstić information content (AvgIpc) is 2.87. The van der Waals surface area contributed by atoms with Crippen LogP contribution in [0.25, 0.3) is 20.2 Å². The zero-order chi connectivity index (χ0) is 14.7. The lowest BCUT2D eigenvalue weighted by Crippen LogP contribution is -2.02. The highest BCUT2D eigenvalue weighted by Gasteiger charge is 2.08. The maximum Gasteiger partial charge on any atom is 0.0387 e. The molecule has 0 amide bonds. The second-order valence-corrected chi connectivity index (χ2v) is 8.09. The van der Waals surface area contributed by atoms with Crippen LogP contribution in [0.4, 0.5) is 0 Å². The normalized spacial score (nSPS) is 13.0. The lowest BCUT2D eigenvalue weighted by Gasteiger charge is -2.03. The molecule has 110 valence electrons. The SMILES string of the molecule is CCCS(=O)CCCc1cccc2c1sc1ccccc12. The standard InChI is InChI=1S/C18H20OS2/c1-2-12-21(19)13-6-8-14-7-5-10-16-15-9-3-4-11-17(15)20-18(14)16/h3-5,7,9-11H,2,6,8,12-13H2,1H3. The second kappa shape index (κ2) is 6.71. The summed E-state index contributed by atoms with van der Waals surface area (Å²) in [6, 6.07) is 15.2. The van der Waals surface area contributed by atoms with Crippen molar-refractivity contribution in [3.8, 4) is 0 Å². The number of fused-ring (bicyclic) bond motifs is 3. The number of benzene rings is 2. The van der Waals surface area contributed by atoms with Gasteiger partial charge in [-0.2, -0.15) is 0 Å². The summed E-state index contributed by atoms with van der Waals surface area (Å²) in [6.45, 7) is 2.09. The van der Waals surface area contributed by atoms with Gasteiger partial charge in [-0.1, -0.05) is 43.3 Å². The van der Waals surface area contributed by atoms with Gasteiger partial charge < -0.3 is 0 Å². The molecule has 0 saturated heterocycles. The van der Waals surface area contributed by atoms with Gasteiger partial charge in [-0.3, -0.25) is 4.21 Å². The van der Waals surface area contributed by atoms with Gasteiger partial charge in [-0.05, 0) is 30.9 Å². The van der Waals surface area contributed by atoms with Crippen LogP contribution in [0, 0.1) is 0 Å². The Balaban J connectivity index is 1.84. The van der Waals surface area contributed by atoms with Crippen LogP contribution in [0.2, 0.25) is 0 Å². The quantitative estimate of drug-likeness (QED) is 0.615. The number of hydrogen-bond donors (Lipinski definition) is 0. The van der Waals surface area contributed by atoms with E-state index in [1.165, 1.54) is 25.7 Å². The molecule has 1 unspecified atom stereocenters. The van der Waals surface area contributed by atoms with E-state index < -0.39 is 10.8 Å². The monoisotopic (exact) mass is 316 g/mol. The Kier molecular flexibility index (Phi) is 4.71. The highest BCUT2D eigenvalue weighted by molar-refractivity contribution is 7.84. The lowest BCUT2D eigenvalue weighted by atomic mass is 10.1. The number of hydrogen-bond acceptors (Lipinski definition) is 2. The Labute approximate surface area is 132 Å². The molecule has 0 aliphatic rings. The van der Waals surface area contributed by atoms with Crippen LogP contribution in [0.1, 0.15) is 25.3 Å². The first-order valence-electron chi connectivity index (χ1n) is 7.53. The molecule has 21 heavy (non-hydrogen) atoms. The van der Waals surface area contributed by atoms with Crippen molar-refractivity contribution in [2.75, 3.05) is 11.5 Å². The van der Waals surface area contributed by atoms with Gasteiger partial charge in [-0.25, -0.2) is 0 Å². The van der Waals surface area contributed by atoms with Gasteiger partial charge in [0, 0.05) is 42.5 Å². The Morgan fingerprint density at radius 1 is 1.00 bits per heavy atom. The van der Waals surface area contributed by atoms with Gasteiger partial charge in [0.05, 0.1) is 0 Å². The minimum absolute atomic E-state index is 0.639. The van der Waals surface area contributed by atoms with Crippen LogP contribution in [0.5, 0.6) is 0 Å². The fraction of sp³-hybridized carbons (Fsp3) is 0.333. The van der Waals surface area contributed by atoms with E-state index in [0.29, 0.717) is 0 Å². The molecule has 0 spiro atoms. The van der Waals surface area contributed by atoms with Gasteiger partial charge in [0.15, 0.2) is 0 Å². The molecule has 0 N–H and O–H groups in total. The molecular formula is C18H20OS2. The van der Waals surface area contributed by atoms with Crippen LogP contribution < -0.4 is 0 Å². The maximum absolute atomic E-state index is 11.8. The van der Waals surface area contributed by atoms with Crippen molar-refractivity contribution in [2.45, 2.75) is 26.2 Å². The molecule has 1 atom stereocenters. The molecule has 0 bridgehead atoms. The summed E-state index contributed by atoms with van der Waals surface area (Å²) in [7, 11) is -0.639. The molecule has 3 aromatic rings. The van der Waals surface area contributed by atoms with Crippen LogP contribution >= 0.6 is 11.3 Å². The first-order valence-corrected chi connectivity index (χ1v) is 9.84. The summed E-state index contributed by atoms with van der Waals surface area (Å²) in [4.78, 5) is 0. The largest absolute Gasteiger partial charge is 0.260 e. The van der Waals surface area contributed by atoms with Gasteiger partial charge >= 0.3 is 0 Å². The van der Waals surface area contributed by atoms with Crippen molar-refractivity contribution in [1.29, 1.82) is 0 Å². The minimum atomic E-state index is -0.639. The third kappa shape index (κ3) is 3.19. The molecule has 3 rings (SSSR count). The van der Waals surface area contributed by atoms with Crippen LogP contribution in [0.3, 0.4) is 0 Å². The Morgan fingerprint density at radius 3 is 2.67 bits per heavy atom. The van der Waals surface area contributed by atoms with Crippen molar-refractivity contribution >= 4 is 42.3 Å². The van der Waals surface area contributed by atoms with E-state index in [1.54, 1.807) is 0 Å². The van der Waals surface area contributed by atoms with Gasteiger partial charge in [-0.15, -0.1) is 11.3 Å². The van der Waals surface area contributed by atoms with Crippen LogP contribution in [-0.2, 0) is 17.2 Å². The molecule has 0 saturated carbocycles. The van der Waals surface area contributed by atoms with E-state index in [0.717, 1.165) is 30.8 Å². The van der Waals surface area contributed by atoms with E-state index in [-0.39, 0.29) is 0 Å². The summed E-state index contributed by atoms with van der Waals surface area (Å²) in [5, 5.41) is 2.72. The highest BCUT2D eigenvalue weighted by atomic mass is 32.2. The summed E-state index contributed by atoms with van der Waals surface area (Å²) in [5.74, 6) is 1.67. The first-order chi connectivity index (χ1) is 10.3. The van der Waals surface area contributed by atoms with E-state index in [1.807, 2.05) is 11.3 Å². The van der Waals surface area contributed by atoms with E-state index >= 15 is 0 Å². The van der Waals surface area contributed by atoms with Crippen molar-refractivity contribution in [1.82, 2.24) is 0 Å². The molecule has 1 nitrogen and oxygen atoms in total. The molecular weight excluding hydrogens is 296 g/mol. The zero-order valence-corrected chi connectivity index (χ0v) is 13.9. The molecule has 0 aliphatic carbocycles. The summed E-state index contributed by atoms with van der Waals surface area (Å²) in [5.41, 5.74) is 1.40. The van der Waals surface area contributed by atoms with Crippen molar-refractivity contribution in [3.63, 3.8) is 0 Å². The first kappa shape index (κ1) is 14.7. The second-order valence-electron chi connectivity index (χ2n) is 5.34. The number of rotatable bonds is 6. The van der Waals surface area contributed by atoms with Crippen LogP contribution in [0.15, 0.2) is 42.5 Å². The lowest BCUT2D eigenvalue weighted by molar-refractivity contribution is 0.679.